The minimum absolute atomic E-state index is 0.00404. The molecule has 1 aliphatic heterocycles. The van der Waals surface area contributed by atoms with E-state index in [0.717, 1.165) is 24.8 Å². The van der Waals surface area contributed by atoms with Gasteiger partial charge in [-0.05, 0) is 71.4 Å². The summed E-state index contributed by atoms with van der Waals surface area (Å²) in [6.07, 6.45) is 2.76. The number of anilines is 1. The Labute approximate surface area is 210 Å². The number of rotatable bonds is 5. The summed E-state index contributed by atoms with van der Waals surface area (Å²) in [6.45, 7) is 13.5. The van der Waals surface area contributed by atoms with Gasteiger partial charge >= 0.3 is 0 Å². The Morgan fingerprint density at radius 1 is 1.09 bits per heavy atom. The van der Waals surface area contributed by atoms with Crippen LogP contribution >= 0.6 is 0 Å². The molecule has 1 amide bonds. The van der Waals surface area contributed by atoms with Crippen LogP contribution in [0.4, 0.5) is 5.69 Å². The Balaban J connectivity index is 1.61. The lowest BCUT2D eigenvalue weighted by molar-refractivity contribution is 0.102. The van der Waals surface area contributed by atoms with Crippen LogP contribution in [0.1, 0.15) is 76.7 Å². The van der Waals surface area contributed by atoms with Crippen LogP contribution in [0.3, 0.4) is 0 Å². The average Bonchev–Trinajstić information content (AvgIpc) is 3.02. The predicted molar refractivity (Wildman–Crippen MR) is 140 cm³/mol. The fraction of sp³-hybridized carbons (Fsp3) is 0.536. The smallest absolute Gasteiger partial charge is 0.255 e. The number of benzene rings is 2. The highest BCUT2D eigenvalue weighted by Gasteiger charge is 2.53. The van der Waals surface area contributed by atoms with Crippen LogP contribution in [-0.2, 0) is 15.4 Å². The number of sulfonamides is 1. The van der Waals surface area contributed by atoms with E-state index >= 15 is 0 Å². The number of fused-ring (bicyclic) bond motifs is 2. The zero-order chi connectivity index (χ0) is 25.8. The molecule has 6 nitrogen and oxygen atoms in total. The summed E-state index contributed by atoms with van der Waals surface area (Å²) in [5.74, 6) is 0.176. The normalized spacial score (nSPS) is 24.3. The Kier molecular flexibility index (Phi) is 6.34. The molecule has 1 saturated heterocycles. The van der Waals surface area contributed by atoms with E-state index in [1.165, 1.54) is 6.07 Å². The lowest BCUT2D eigenvalue weighted by Gasteiger charge is -2.39. The molecule has 2 fully saturated rings. The van der Waals surface area contributed by atoms with Gasteiger partial charge in [-0.15, -0.1) is 0 Å². The summed E-state index contributed by atoms with van der Waals surface area (Å²) in [6, 6.07) is 12.1. The average molecular weight is 499 g/mol. The van der Waals surface area contributed by atoms with E-state index < -0.39 is 10.0 Å². The van der Waals surface area contributed by atoms with Crippen molar-refractivity contribution in [3.05, 3.63) is 53.6 Å². The van der Waals surface area contributed by atoms with Crippen LogP contribution in [0, 0.1) is 10.8 Å². The molecule has 2 atom stereocenters. The van der Waals surface area contributed by atoms with E-state index in [1.54, 1.807) is 29.6 Å². The number of nitrogens with one attached hydrogen (secondary N) is 1. The third-order valence-corrected chi connectivity index (χ3v) is 9.28. The maximum absolute atomic E-state index is 13.7. The van der Waals surface area contributed by atoms with Gasteiger partial charge in [0.05, 0.1) is 17.7 Å². The van der Waals surface area contributed by atoms with E-state index in [0.29, 0.717) is 23.5 Å². The van der Waals surface area contributed by atoms with Crippen LogP contribution in [0.5, 0.6) is 5.75 Å². The molecular formula is C28H38N2O4S. The van der Waals surface area contributed by atoms with Crippen molar-refractivity contribution in [1.82, 2.24) is 4.31 Å². The van der Waals surface area contributed by atoms with Crippen LogP contribution in [0.25, 0.3) is 0 Å². The first-order chi connectivity index (χ1) is 16.1. The minimum atomic E-state index is -3.72. The molecule has 2 aromatic carbocycles. The van der Waals surface area contributed by atoms with Crippen LogP contribution in [-0.4, -0.2) is 38.3 Å². The molecule has 1 N–H and O–H groups in total. The fourth-order valence-electron chi connectivity index (χ4n) is 6.09. The molecule has 2 bridgehead atoms. The number of amides is 1. The molecule has 2 aromatic rings. The third-order valence-electron chi connectivity index (χ3n) is 7.38. The van der Waals surface area contributed by atoms with Gasteiger partial charge in [-0.3, -0.25) is 4.79 Å². The summed E-state index contributed by atoms with van der Waals surface area (Å²) in [5.41, 5.74) is 1.91. The van der Waals surface area contributed by atoms with Gasteiger partial charge in [0.2, 0.25) is 10.0 Å². The first-order valence-electron chi connectivity index (χ1n) is 12.3. The highest BCUT2D eigenvalue weighted by atomic mass is 32.2. The summed E-state index contributed by atoms with van der Waals surface area (Å²) in [5, 5.41) is 2.92. The maximum Gasteiger partial charge on any atom is 0.255 e. The molecule has 0 unspecified atom stereocenters. The number of hydrogen-bond donors (Lipinski definition) is 1. The van der Waals surface area contributed by atoms with E-state index in [-0.39, 0.29) is 33.1 Å². The first-order valence-corrected chi connectivity index (χ1v) is 13.7. The van der Waals surface area contributed by atoms with Crippen molar-refractivity contribution in [2.75, 3.05) is 19.0 Å². The lowest BCUT2D eigenvalue weighted by atomic mass is 9.65. The standard InChI is InChI=1S/C28H38N2O4S/c1-26(2,3)20-11-12-24(34-7)23(14-20)29-25(31)19-9-8-10-22(13-19)35(32,33)30-18-28(6)16-21(30)15-27(4,5)17-28/h8-14,21H,15-18H2,1-7H3,(H,29,31)/t21-,28-/m1/s1. The van der Waals surface area contributed by atoms with Gasteiger partial charge in [-0.25, -0.2) is 8.42 Å². The second kappa shape index (κ2) is 8.63. The zero-order valence-electron chi connectivity index (χ0n) is 21.9. The van der Waals surface area contributed by atoms with Crippen molar-refractivity contribution >= 4 is 21.6 Å². The Morgan fingerprint density at radius 2 is 1.80 bits per heavy atom. The SMILES string of the molecule is COc1ccc(C(C)(C)C)cc1NC(=O)c1cccc(S(=O)(=O)N2C[C@]3(C)C[C@H]2CC(C)(C)C3)c1. The molecular weight excluding hydrogens is 460 g/mol. The number of hydrogen-bond acceptors (Lipinski definition) is 4. The van der Waals surface area contributed by atoms with Gasteiger partial charge in [0, 0.05) is 18.2 Å². The molecule has 35 heavy (non-hydrogen) atoms. The highest BCUT2D eigenvalue weighted by Crippen LogP contribution is 2.53. The molecule has 1 saturated carbocycles. The highest BCUT2D eigenvalue weighted by molar-refractivity contribution is 7.89. The van der Waals surface area contributed by atoms with Crippen molar-refractivity contribution in [2.45, 2.75) is 77.2 Å². The second-order valence-electron chi connectivity index (χ2n) is 12.4. The number of carbonyl (C=O) groups excluding carboxylic acids is 1. The van der Waals surface area contributed by atoms with Gasteiger partial charge in [-0.1, -0.05) is 53.7 Å². The van der Waals surface area contributed by atoms with Gasteiger partial charge < -0.3 is 10.1 Å². The monoisotopic (exact) mass is 498 g/mol. The molecule has 7 heteroatoms. The molecule has 2 aliphatic rings. The molecule has 190 valence electrons. The van der Waals surface area contributed by atoms with Gasteiger partial charge in [-0.2, -0.15) is 4.31 Å². The second-order valence-corrected chi connectivity index (χ2v) is 14.3. The Bertz CT molecular complexity index is 1250. The number of carbonyl (C=O) groups is 1. The number of methoxy groups -OCH3 is 1. The first kappa shape index (κ1) is 25.7. The maximum atomic E-state index is 13.7. The van der Waals surface area contributed by atoms with E-state index in [4.69, 9.17) is 4.74 Å². The lowest BCUT2D eigenvalue weighted by Crippen LogP contribution is -2.37. The van der Waals surface area contributed by atoms with Crippen molar-refractivity contribution in [2.24, 2.45) is 10.8 Å². The third kappa shape index (κ3) is 5.12. The van der Waals surface area contributed by atoms with Crippen LogP contribution in [0.2, 0.25) is 0 Å². The number of nitrogens with zero attached hydrogens (tertiary/aromatic N) is 1. The largest absolute Gasteiger partial charge is 0.495 e. The molecule has 0 radical (unpaired) electrons. The summed E-state index contributed by atoms with van der Waals surface area (Å²) in [4.78, 5) is 13.3. The Hall–Kier alpha value is -2.38. The van der Waals surface area contributed by atoms with Crippen molar-refractivity contribution in [3.8, 4) is 5.75 Å². The number of ether oxygens (including phenoxy) is 1. The predicted octanol–water partition coefficient (Wildman–Crippen LogP) is 5.83. The fourth-order valence-corrected chi connectivity index (χ4v) is 7.91. The quantitative estimate of drug-likeness (QED) is 0.562. The minimum Gasteiger partial charge on any atom is -0.495 e. The summed E-state index contributed by atoms with van der Waals surface area (Å²) >= 11 is 0. The molecule has 0 aromatic heterocycles. The van der Waals surface area contributed by atoms with Gasteiger partial charge in [0.15, 0.2) is 0 Å². The van der Waals surface area contributed by atoms with Gasteiger partial charge in [0.1, 0.15) is 5.75 Å². The van der Waals surface area contributed by atoms with Crippen molar-refractivity contribution in [1.29, 1.82) is 0 Å². The zero-order valence-corrected chi connectivity index (χ0v) is 22.8. The van der Waals surface area contributed by atoms with E-state index in [9.17, 15) is 13.2 Å². The van der Waals surface area contributed by atoms with Crippen LogP contribution in [0.15, 0.2) is 47.4 Å². The molecule has 1 heterocycles. The molecule has 0 spiro atoms. The summed E-state index contributed by atoms with van der Waals surface area (Å²) < 4.78 is 34.5. The van der Waals surface area contributed by atoms with Crippen molar-refractivity contribution < 1.29 is 17.9 Å². The van der Waals surface area contributed by atoms with Gasteiger partial charge in [0.25, 0.3) is 5.91 Å². The molecule has 1 aliphatic carbocycles. The summed E-state index contributed by atoms with van der Waals surface area (Å²) in [7, 11) is -2.16. The van der Waals surface area contributed by atoms with Crippen molar-refractivity contribution in [3.63, 3.8) is 0 Å². The van der Waals surface area contributed by atoms with Crippen LogP contribution < -0.4 is 10.1 Å². The van der Waals surface area contributed by atoms with E-state index in [1.807, 2.05) is 18.2 Å². The topological polar surface area (TPSA) is 75.7 Å². The molecule has 4 rings (SSSR count). The Morgan fingerprint density at radius 3 is 2.46 bits per heavy atom. The van der Waals surface area contributed by atoms with E-state index in [2.05, 4.69) is 46.9 Å².